The Kier molecular flexibility index (Phi) is 4.22. The number of nitrogens with one attached hydrogen (secondary N) is 1. The lowest BCUT2D eigenvalue weighted by Crippen LogP contribution is -2.17. The average Bonchev–Trinajstić information content (AvgIpc) is 2.46. The molecule has 3 N–H and O–H groups in total. The number of carbonyl (C=O) groups excluding carboxylic acids is 1. The summed E-state index contributed by atoms with van der Waals surface area (Å²) in [7, 11) is 0. The molecule has 0 bridgehead atoms. The van der Waals surface area contributed by atoms with Crippen LogP contribution in [-0.4, -0.2) is 28.1 Å². The number of hydrogen-bond acceptors (Lipinski definition) is 3. The van der Waals surface area contributed by atoms with Crippen molar-refractivity contribution in [3.63, 3.8) is 0 Å². The summed E-state index contributed by atoms with van der Waals surface area (Å²) in [4.78, 5) is 34.4. The SMILES string of the molecule is Cc1cccc(NC(=O)c2cc(C(=O)O)ccc2C(=O)O)c1. The Balaban J connectivity index is 2.40. The molecule has 1 amide bonds. The maximum atomic E-state index is 12.3. The van der Waals surface area contributed by atoms with Gasteiger partial charge in [0, 0.05) is 5.69 Å². The van der Waals surface area contributed by atoms with E-state index in [1.807, 2.05) is 13.0 Å². The number of carboxylic acid groups (broad SMARTS) is 2. The van der Waals surface area contributed by atoms with Gasteiger partial charge in [0.25, 0.3) is 5.91 Å². The molecule has 0 heterocycles. The third-order valence-corrected chi connectivity index (χ3v) is 3.02. The molecule has 2 aromatic carbocycles. The number of carbonyl (C=O) groups is 3. The van der Waals surface area contributed by atoms with E-state index in [2.05, 4.69) is 5.32 Å². The summed E-state index contributed by atoms with van der Waals surface area (Å²) in [6.07, 6.45) is 0. The largest absolute Gasteiger partial charge is 0.478 e. The Bertz CT molecular complexity index is 767. The monoisotopic (exact) mass is 299 g/mol. The van der Waals surface area contributed by atoms with E-state index in [4.69, 9.17) is 10.2 Å². The lowest BCUT2D eigenvalue weighted by molar-refractivity contribution is 0.0679. The van der Waals surface area contributed by atoms with Crippen molar-refractivity contribution in [1.29, 1.82) is 0 Å². The molecule has 2 rings (SSSR count). The Morgan fingerprint density at radius 1 is 0.909 bits per heavy atom. The molecule has 6 heteroatoms. The molecule has 0 aromatic heterocycles. The van der Waals surface area contributed by atoms with Crippen molar-refractivity contribution in [2.45, 2.75) is 6.92 Å². The molecule has 0 spiro atoms. The molecule has 0 unspecified atom stereocenters. The number of rotatable bonds is 4. The van der Waals surface area contributed by atoms with Crippen molar-refractivity contribution in [1.82, 2.24) is 0 Å². The molecule has 0 atom stereocenters. The molecule has 0 saturated carbocycles. The van der Waals surface area contributed by atoms with Crippen LogP contribution in [-0.2, 0) is 0 Å². The minimum absolute atomic E-state index is 0.153. The number of anilines is 1. The van der Waals surface area contributed by atoms with Crippen molar-refractivity contribution >= 4 is 23.5 Å². The lowest BCUT2D eigenvalue weighted by Gasteiger charge is -2.09. The van der Waals surface area contributed by atoms with Gasteiger partial charge in [-0.3, -0.25) is 4.79 Å². The van der Waals surface area contributed by atoms with Crippen molar-refractivity contribution in [3.8, 4) is 0 Å². The van der Waals surface area contributed by atoms with Crippen LogP contribution in [0.1, 0.15) is 36.6 Å². The molecule has 22 heavy (non-hydrogen) atoms. The van der Waals surface area contributed by atoms with E-state index >= 15 is 0 Å². The molecular formula is C16H13NO5. The average molecular weight is 299 g/mol. The van der Waals surface area contributed by atoms with Crippen molar-refractivity contribution < 1.29 is 24.6 Å². The number of hydrogen-bond donors (Lipinski definition) is 3. The van der Waals surface area contributed by atoms with Crippen LogP contribution in [0.3, 0.4) is 0 Å². The summed E-state index contributed by atoms with van der Waals surface area (Å²) in [5, 5.41) is 20.7. The van der Waals surface area contributed by atoms with Crippen LogP contribution in [0.2, 0.25) is 0 Å². The van der Waals surface area contributed by atoms with Gasteiger partial charge in [0.05, 0.1) is 16.7 Å². The summed E-state index contributed by atoms with van der Waals surface area (Å²) in [5.41, 5.74) is 0.820. The Labute approximate surface area is 126 Å². The van der Waals surface area contributed by atoms with Crippen molar-refractivity contribution in [2.75, 3.05) is 5.32 Å². The number of aromatic carboxylic acids is 2. The van der Waals surface area contributed by atoms with E-state index in [1.54, 1.807) is 18.2 Å². The van der Waals surface area contributed by atoms with Gasteiger partial charge in [0.15, 0.2) is 0 Å². The van der Waals surface area contributed by atoms with Crippen LogP contribution >= 0.6 is 0 Å². The van der Waals surface area contributed by atoms with Gasteiger partial charge in [0.1, 0.15) is 0 Å². The van der Waals surface area contributed by atoms with Crippen LogP contribution in [0.15, 0.2) is 42.5 Å². The molecule has 0 aliphatic carbocycles. The Hall–Kier alpha value is -3.15. The zero-order valence-corrected chi connectivity index (χ0v) is 11.7. The van der Waals surface area contributed by atoms with E-state index in [0.29, 0.717) is 5.69 Å². The first kappa shape index (κ1) is 15.2. The topological polar surface area (TPSA) is 104 Å². The van der Waals surface area contributed by atoms with Gasteiger partial charge in [-0.2, -0.15) is 0 Å². The van der Waals surface area contributed by atoms with E-state index in [1.165, 1.54) is 0 Å². The fraction of sp³-hybridized carbons (Fsp3) is 0.0625. The first-order chi connectivity index (χ1) is 10.4. The predicted octanol–water partition coefficient (Wildman–Crippen LogP) is 2.64. The normalized spacial score (nSPS) is 10.0. The third kappa shape index (κ3) is 3.29. The molecule has 2 aromatic rings. The quantitative estimate of drug-likeness (QED) is 0.805. The highest BCUT2D eigenvalue weighted by Crippen LogP contribution is 2.16. The second-order valence-electron chi connectivity index (χ2n) is 4.69. The van der Waals surface area contributed by atoms with Crippen LogP contribution in [0.5, 0.6) is 0 Å². The van der Waals surface area contributed by atoms with Crippen LogP contribution in [0.4, 0.5) is 5.69 Å². The molecule has 0 fully saturated rings. The predicted molar refractivity (Wildman–Crippen MR) is 79.5 cm³/mol. The zero-order chi connectivity index (χ0) is 16.3. The first-order valence-electron chi connectivity index (χ1n) is 6.37. The van der Waals surface area contributed by atoms with Crippen LogP contribution < -0.4 is 5.32 Å². The minimum atomic E-state index is -1.30. The maximum absolute atomic E-state index is 12.3. The van der Waals surface area contributed by atoms with Gasteiger partial charge in [0.2, 0.25) is 0 Å². The highest BCUT2D eigenvalue weighted by molar-refractivity contribution is 6.11. The standard InChI is InChI=1S/C16H13NO5/c1-9-3-2-4-11(7-9)17-14(18)13-8-10(15(19)20)5-6-12(13)16(21)22/h2-8H,1H3,(H,17,18)(H,19,20)(H,21,22). The minimum Gasteiger partial charge on any atom is -0.478 e. The Morgan fingerprint density at radius 3 is 2.23 bits per heavy atom. The highest BCUT2D eigenvalue weighted by atomic mass is 16.4. The van der Waals surface area contributed by atoms with Gasteiger partial charge in [-0.05, 0) is 42.8 Å². The van der Waals surface area contributed by atoms with Gasteiger partial charge < -0.3 is 15.5 Å². The lowest BCUT2D eigenvalue weighted by atomic mass is 10.0. The van der Waals surface area contributed by atoms with E-state index in [-0.39, 0.29) is 16.7 Å². The molecular weight excluding hydrogens is 286 g/mol. The van der Waals surface area contributed by atoms with Crippen molar-refractivity contribution in [3.05, 3.63) is 64.7 Å². The Morgan fingerprint density at radius 2 is 1.64 bits per heavy atom. The molecule has 112 valence electrons. The second kappa shape index (κ2) is 6.09. The molecule has 0 saturated heterocycles. The highest BCUT2D eigenvalue weighted by Gasteiger charge is 2.19. The smallest absolute Gasteiger partial charge is 0.336 e. The number of benzene rings is 2. The summed E-state index contributed by atoms with van der Waals surface area (Å²) in [6.45, 7) is 1.85. The van der Waals surface area contributed by atoms with Gasteiger partial charge in [-0.1, -0.05) is 12.1 Å². The third-order valence-electron chi connectivity index (χ3n) is 3.02. The number of aryl methyl sites for hydroxylation is 1. The first-order valence-corrected chi connectivity index (χ1v) is 6.37. The fourth-order valence-corrected chi connectivity index (χ4v) is 1.97. The van der Waals surface area contributed by atoms with Gasteiger partial charge in [-0.25, -0.2) is 9.59 Å². The molecule has 0 aliphatic heterocycles. The van der Waals surface area contributed by atoms with Crippen molar-refractivity contribution in [2.24, 2.45) is 0 Å². The summed E-state index contributed by atoms with van der Waals surface area (Å²) < 4.78 is 0. The van der Waals surface area contributed by atoms with Gasteiger partial charge in [-0.15, -0.1) is 0 Å². The fourth-order valence-electron chi connectivity index (χ4n) is 1.97. The summed E-state index contributed by atoms with van der Waals surface area (Å²) in [6, 6.07) is 10.3. The zero-order valence-electron chi connectivity index (χ0n) is 11.7. The second-order valence-corrected chi connectivity index (χ2v) is 4.69. The number of carboxylic acids is 2. The summed E-state index contributed by atoms with van der Waals surface area (Å²) in [5.74, 6) is -3.21. The summed E-state index contributed by atoms with van der Waals surface area (Å²) >= 11 is 0. The molecule has 6 nitrogen and oxygen atoms in total. The number of amides is 1. The van der Waals surface area contributed by atoms with Crippen LogP contribution in [0, 0.1) is 6.92 Å². The van der Waals surface area contributed by atoms with E-state index in [9.17, 15) is 14.4 Å². The van der Waals surface area contributed by atoms with Gasteiger partial charge >= 0.3 is 11.9 Å². The molecule has 0 radical (unpaired) electrons. The maximum Gasteiger partial charge on any atom is 0.336 e. The van der Waals surface area contributed by atoms with E-state index < -0.39 is 17.8 Å². The van der Waals surface area contributed by atoms with Crippen LogP contribution in [0.25, 0.3) is 0 Å². The molecule has 0 aliphatic rings. The van der Waals surface area contributed by atoms with E-state index in [0.717, 1.165) is 23.8 Å².